The summed E-state index contributed by atoms with van der Waals surface area (Å²) in [6.45, 7) is 3.36. The second kappa shape index (κ2) is 6.72. The molecule has 1 aromatic carbocycles. The Morgan fingerprint density at radius 3 is 2.44 bits per heavy atom. The normalized spacial score (nSPS) is 14.5. The summed E-state index contributed by atoms with van der Waals surface area (Å²) in [5.74, 6) is 0.417. The number of fused-ring (bicyclic) bond motifs is 1. The monoisotopic (exact) mass is 340 g/mol. The summed E-state index contributed by atoms with van der Waals surface area (Å²) in [7, 11) is 0. The highest BCUT2D eigenvalue weighted by Crippen LogP contribution is 2.19. The number of nitrogens with zero attached hydrogens (tertiary/aromatic N) is 4. The highest BCUT2D eigenvalue weighted by atomic mass is 19.1. The lowest BCUT2D eigenvalue weighted by Crippen LogP contribution is -2.33. The maximum atomic E-state index is 13.0. The second-order valence-electron chi connectivity index (χ2n) is 6.30. The highest BCUT2D eigenvalue weighted by Gasteiger charge is 2.20. The van der Waals surface area contributed by atoms with E-state index < -0.39 is 0 Å². The summed E-state index contributed by atoms with van der Waals surface area (Å²) in [4.78, 5) is 11.0. The standard InChI is InChI=1S/C19H18F2N4/c20-15-3-1-14(2-4-15)12-24-7-8-25-18(13-24)11-23-19(25)9-17-6-5-16(21)10-22-17/h1-6,10-11H,7-9,12-13H2. The summed E-state index contributed by atoms with van der Waals surface area (Å²) in [6, 6.07) is 9.77. The SMILES string of the molecule is Fc1ccc(CN2CCn3c(cnc3Cc3ccc(F)cn3)C2)cc1. The highest BCUT2D eigenvalue weighted by molar-refractivity contribution is 5.18. The van der Waals surface area contributed by atoms with Crippen LogP contribution in [0.2, 0.25) is 0 Å². The van der Waals surface area contributed by atoms with Crippen LogP contribution in [0.4, 0.5) is 8.78 Å². The van der Waals surface area contributed by atoms with E-state index in [9.17, 15) is 8.78 Å². The number of aromatic nitrogens is 3. The molecule has 3 aromatic rings. The van der Waals surface area contributed by atoms with E-state index in [1.165, 1.54) is 24.4 Å². The molecular weight excluding hydrogens is 322 g/mol. The Bertz CT molecular complexity index is 856. The minimum absolute atomic E-state index is 0.209. The third-order valence-electron chi connectivity index (χ3n) is 4.49. The minimum atomic E-state index is -0.328. The van der Waals surface area contributed by atoms with Crippen LogP contribution in [0.1, 0.15) is 22.8 Å². The summed E-state index contributed by atoms with van der Waals surface area (Å²) in [5, 5.41) is 0. The van der Waals surface area contributed by atoms with E-state index in [0.717, 1.165) is 49.0 Å². The lowest BCUT2D eigenvalue weighted by atomic mass is 10.2. The molecule has 0 aliphatic carbocycles. The van der Waals surface area contributed by atoms with Crippen molar-refractivity contribution in [2.75, 3.05) is 6.54 Å². The molecule has 0 saturated heterocycles. The molecule has 4 nitrogen and oxygen atoms in total. The number of rotatable bonds is 4. The zero-order chi connectivity index (χ0) is 17.2. The predicted molar refractivity (Wildman–Crippen MR) is 89.7 cm³/mol. The van der Waals surface area contributed by atoms with Crippen LogP contribution in [0.5, 0.6) is 0 Å². The van der Waals surface area contributed by atoms with Crippen molar-refractivity contribution in [2.45, 2.75) is 26.1 Å². The van der Waals surface area contributed by atoms with Gasteiger partial charge in [0.2, 0.25) is 0 Å². The Morgan fingerprint density at radius 2 is 1.68 bits per heavy atom. The molecule has 0 unspecified atom stereocenters. The molecule has 3 heterocycles. The van der Waals surface area contributed by atoms with Crippen LogP contribution >= 0.6 is 0 Å². The van der Waals surface area contributed by atoms with E-state index in [0.29, 0.717) is 6.42 Å². The number of imidazole rings is 1. The molecule has 0 atom stereocenters. The van der Waals surface area contributed by atoms with Gasteiger partial charge in [0.15, 0.2) is 0 Å². The first-order valence-corrected chi connectivity index (χ1v) is 8.28. The molecule has 4 rings (SSSR count). The fraction of sp³-hybridized carbons (Fsp3) is 0.263. The summed E-state index contributed by atoms with van der Waals surface area (Å²) < 4.78 is 28.2. The molecular formula is C19H18F2N4. The molecule has 0 radical (unpaired) electrons. The molecule has 2 aromatic heterocycles. The third kappa shape index (κ3) is 3.58. The fourth-order valence-electron chi connectivity index (χ4n) is 3.20. The molecule has 25 heavy (non-hydrogen) atoms. The molecule has 0 bridgehead atoms. The first-order chi connectivity index (χ1) is 12.2. The molecule has 0 N–H and O–H groups in total. The molecule has 1 aliphatic heterocycles. The molecule has 0 saturated carbocycles. The molecule has 0 spiro atoms. The van der Waals surface area contributed by atoms with E-state index in [-0.39, 0.29) is 11.6 Å². The summed E-state index contributed by atoms with van der Waals surface area (Å²) >= 11 is 0. The average molecular weight is 340 g/mol. The quantitative estimate of drug-likeness (QED) is 0.732. The zero-order valence-electron chi connectivity index (χ0n) is 13.7. The van der Waals surface area contributed by atoms with Crippen LogP contribution in [0.15, 0.2) is 48.8 Å². The van der Waals surface area contributed by atoms with E-state index in [1.54, 1.807) is 6.07 Å². The largest absolute Gasteiger partial charge is 0.329 e. The Morgan fingerprint density at radius 1 is 0.880 bits per heavy atom. The lowest BCUT2D eigenvalue weighted by molar-refractivity contribution is 0.211. The van der Waals surface area contributed by atoms with Gasteiger partial charge in [-0.1, -0.05) is 12.1 Å². The topological polar surface area (TPSA) is 34.0 Å². The Balaban J connectivity index is 1.45. The van der Waals surface area contributed by atoms with Gasteiger partial charge in [0.1, 0.15) is 17.5 Å². The smallest absolute Gasteiger partial charge is 0.141 e. The van der Waals surface area contributed by atoms with Gasteiger partial charge in [0.25, 0.3) is 0 Å². The first kappa shape index (κ1) is 15.9. The van der Waals surface area contributed by atoms with E-state index >= 15 is 0 Å². The first-order valence-electron chi connectivity index (χ1n) is 8.28. The van der Waals surface area contributed by atoms with Gasteiger partial charge in [-0.05, 0) is 29.8 Å². The second-order valence-corrected chi connectivity index (χ2v) is 6.30. The van der Waals surface area contributed by atoms with E-state index in [4.69, 9.17) is 0 Å². The average Bonchev–Trinajstić information content (AvgIpc) is 3.01. The van der Waals surface area contributed by atoms with Gasteiger partial charge in [-0.25, -0.2) is 13.8 Å². The van der Waals surface area contributed by atoms with Crippen LogP contribution < -0.4 is 0 Å². The maximum absolute atomic E-state index is 13.0. The van der Waals surface area contributed by atoms with Crippen LogP contribution in [-0.4, -0.2) is 26.0 Å². The number of pyridine rings is 1. The predicted octanol–water partition coefficient (Wildman–Crippen LogP) is 3.16. The van der Waals surface area contributed by atoms with Crippen molar-refractivity contribution in [3.05, 3.63) is 83.2 Å². The van der Waals surface area contributed by atoms with Gasteiger partial charge in [0, 0.05) is 44.5 Å². The van der Waals surface area contributed by atoms with Gasteiger partial charge < -0.3 is 4.57 Å². The molecule has 1 aliphatic rings. The fourth-order valence-corrected chi connectivity index (χ4v) is 3.20. The number of halogens is 2. The Labute approximate surface area is 144 Å². The Kier molecular flexibility index (Phi) is 4.28. The van der Waals surface area contributed by atoms with Crippen molar-refractivity contribution in [1.82, 2.24) is 19.4 Å². The third-order valence-corrected chi connectivity index (χ3v) is 4.49. The molecule has 0 amide bonds. The zero-order valence-corrected chi connectivity index (χ0v) is 13.7. The molecule has 128 valence electrons. The number of hydrogen-bond acceptors (Lipinski definition) is 3. The van der Waals surface area contributed by atoms with Crippen LogP contribution in [-0.2, 0) is 26.1 Å². The molecule has 6 heteroatoms. The van der Waals surface area contributed by atoms with Crippen molar-refractivity contribution < 1.29 is 8.78 Å². The number of benzene rings is 1. The van der Waals surface area contributed by atoms with Crippen molar-refractivity contribution in [3.63, 3.8) is 0 Å². The van der Waals surface area contributed by atoms with Crippen LogP contribution in [0, 0.1) is 11.6 Å². The van der Waals surface area contributed by atoms with E-state index in [2.05, 4.69) is 19.4 Å². The van der Waals surface area contributed by atoms with Gasteiger partial charge >= 0.3 is 0 Å². The lowest BCUT2D eigenvalue weighted by Gasteiger charge is -2.29. The van der Waals surface area contributed by atoms with Gasteiger partial charge in [-0.15, -0.1) is 0 Å². The summed E-state index contributed by atoms with van der Waals surface area (Å²) in [5.41, 5.74) is 3.07. The maximum Gasteiger partial charge on any atom is 0.141 e. The van der Waals surface area contributed by atoms with Gasteiger partial charge in [-0.2, -0.15) is 0 Å². The van der Waals surface area contributed by atoms with Gasteiger partial charge in [0.05, 0.1) is 11.9 Å². The summed E-state index contributed by atoms with van der Waals surface area (Å²) in [6.07, 6.45) is 3.73. The van der Waals surface area contributed by atoms with Crippen LogP contribution in [0.25, 0.3) is 0 Å². The van der Waals surface area contributed by atoms with E-state index in [1.807, 2.05) is 18.3 Å². The number of hydrogen-bond donors (Lipinski definition) is 0. The van der Waals surface area contributed by atoms with Crippen molar-refractivity contribution in [2.24, 2.45) is 0 Å². The Hall–Kier alpha value is -2.60. The van der Waals surface area contributed by atoms with Crippen molar-refractivity contribution in [3.8, 4) is 0 Å². The van der Waals surface area contributed by atoms with Crippen molar-refractivity contribution in [1.29, 1.82) is 0 Å². The van der Waals surface area contributed by atoms with Crippen LogP contribution in [0.3, 0.4) is 0 Å². The van der Waals surface area contributed by atoms with Crippen molar-refractivity contribution >= 4 is 0 Å². The van der Waals surface area contributed by atoms with Gasteiger partial charge in [-0.3, -0.25) is 9.88 Å². The minimum Gasteiger partial charge on any atom is -0.329 e. The molecule has 0 fully saturated rings.